The van der Waals surface area contributed by atoms with Crippen LogP contribution < -0.4 is 0 Å². The zero-order valence-electron chi connectivity index (χ0n) is 13.8. The van der Waals surface area contributed by atoms with Gasteiger partial charge in [0.2, 0.25) is 0 Å². The van der Waals surface area contributed by atoms with E-state index in [-0.39, 0.29) is 0 Å². The summed E-state index contributed by atoms with van der Waals surface area (Å²) >= 11 is 6.20. The van der Waals surface area contributed by atoms with Crippen molar-refractivity contribution in [2.45, 2.75) is 44.1 Å². The Labute approximate surface area is 144 Å². The first-order chi connectivity index (χ1) is 11.2. The zero-order chi connectivity index (χ0) is 16.1. The van der Waals surface area contributed by atoms with Gasteiger partial charge in [-0.2, -0.15) is 0 Å². The number of hydrogen-bond donors (Lipinski definition) is 1. The molecular weight excluding hydrogens is 310 g/mol. The molecule has 23 heavy (non-hydrogen) atoms. The minimum absolute atomic E-state index is 0.343. The lowest BCUT2D eigenvalue weighted by Gasteiger charge is -2.41. The van der Waals surface area contributed by atoms with Crippen LogP contribution in [0.2, 0.25) is 5.02 Å². The Morgan fingerprint density at radius 1 is 1.17 bits per heavy atom. The number of morpholine rings is 1. The van der Waals surface area contributed by atoms with Gasteiger partial charge in [-0.1, -0.05) is 43.0 Å². The molecule has 1 aliphatic heterocycles. The summed E-state index contributed by atoms with van der Waals surface area (Å²) in [5.41, 5.74) is 0.231. The number of ether oxygens (including phenoxy) is 1. The van der Waals surface area contributed by atoms with Crippen LogP contribution in [0.4, 0.5) is 0 Å². The quantitative estimate of drug-likeness (QED) is 0.886. The summed E-state index contributed by atoms with van der Waals surface area (Å²) in [4.78, 5) is 2.40. The maximum absolute atomic E-state index is 11.6. The first-order valence-electron chi connectivity index (χ1n) is 8.97. The first kappa shape index (κ1) is 17.2. The van der Waals surface area contributed by atoms with Crippen LogP contribution in [-0.4, -0.2) is 42.9 Å². The van der Waals surface area contributed by atoms with Gasteiger partial charge in [0.15, 0.2) is 0 Å². The van der Waals surface area contributed by atoms with E-state index in [2.05, 4.69) is 4.90 Å². The van der Waals surface area contributed by atoms with Crippen molar-refractivity contribution >= 4 is 11.6 Å². The van der Waals surface area contributed by atoms with Crippen LogP contribution in [0.5, 0.6) is 0 Å². The molecule has 1 aliphatic carbocycles. The number of rotatable bonds is 5. The maximum atomic E-state index is 11.6. The number of hydrogen-bond acceptors (Lipinski definition) is 3. The van der Waals surface area contributed by atoms with Crippen molar-refractivity contribution in [3.05, 3.63) is 34.9 Å². The third-order valence-electron chi connectivity index (χ3n) is 5.52. The molecule has 0 aromatic heterocycles. The molecule has 1 aromatic rings. The summed E-state index contributed by atoms with van der Waals surface area (Å²) in [5.74, 6) is 0.343. The monoisotopic (exact) mass is 337 g/mol. The van der Waals surface area contributed by atoms with Gasteiger partial charge < -0.3 is 9.84 Å². The van der Waals surface area contributed by atoms with E-state index >= 15 is 0 Å². The molecule has 1 N–H and O–H groups in total. The fourth-order valence-electron chi connectivity index (χ4n) is 4.08. The van der Waals surface area contributed by atoms with Gasteiger partial charge in [0.1, 0.15) is 0 Å². The molecule has 1 atom stereocenters. The smallest absolute Gasteiger partial charge is 0.0937 e. The van der Waals surface area contributed by atoms with Gasteiger partial charge in [0.05, 0.1) is 18.8 Å². The fourth-order valence-corrected chi connectivity index (χ4v) is 4.27. The molecule has 128 valence electrons. The van der Waals surface area contributed by atoms with Crippen LogP contribution in [-0.2, 0) is 10.3 Å². The third-order valence-corrected chi connectivity index (χ3v) is 5.75. The average Bonchev–Trinajstić information content (AvgIpc) is 2.61. The standard InChI is InChI=1S/C19H28ClNO2/c20-18-8-4-7-17(15-18)19(22,16-5-2-1-3-6-16)9-10-21-11-13-23-14-12-21/h4,7-8,15-16,22H,1-3,5-6,9-14H2/t19-/m0/s1. The van der Waals surface area contributed by atoms with E-state index in [9.17, 15) is 5.11 Å². The van der Waals surface area contributed by atoms with Gasteiger partial charge in [0, 0.05) is 24.7 Å². The van der Waals surface area contributed by atoms with Crippen LogP contribution in [0.25, 0.3) is 0 Å². The lowest BCUT2D eigenvalue weighted by atomic mass is 9.71. The van der Waals surface area contributed by atoms with E-state index in [1.54, 1.807) is 0 Å². The van der Waals surface area contributed by atoms with Crippen molar-refractivity contribution in [2.75, 3.05) is 32.8 Å². The summed E-state index contributed by atoms with van der Waals surface area (Å²) < 4.78 is 5.43. The molecular formula is C19H28ClNO2. The highest BCUT2D eigenvalue weighted by atomic mass is 35.5. The molecule has 2 aliphatic rings. The van der Waals surface area contributed by atoms with Crippen molar-refractivity contribution < 1.29 is 9.84 Å². The first-order valence-corrected chi connectivity index (χ1v) is 9.35. The summed E-state index contributed by atoms with van der Waals surface area (Å²) in [6, 6.07) is 7.84. The van der Waals surface area contributed by atoms with Gasteiger partial charge in [-0.15, -0.1) is 0 Å². The van der Waals surface area contributed by atoms with Crippen molar-refractivity contribution in [3.8, 4) is 0 Å². The van der Waals surface area contributed by atoms with E-state index < -0.39 is 5.60 Å². The van der Waals surface area contributed by atoms with Crippen LogP contribution in [0.15, 0.2) is 24.3 Å². The second-order valence-corrected chi connectivity index (χ2v) is 7.41. The van der Waals surface area contributed by atoms with Gasteiger partial charge in [0.25, 0.3) is 0 Å². The SMILES string of the molecule is O[C@](CCN1CCOCC1)(c1cccc(Cl)c1)C1CCCCC1. The minimum Gasteiger partial charge on any atom is -0.385 e. The Morgan fingerprint density at radius 2 is 1.91 bits per heavy atom. The van der Waals surface area contributed by atoms with E-state index in [0.717, 1.165) is 57.7 Å². The van der Waals surface area contributed by atoms with Crippen molar-refractivity contribution in [1.29, 1.82) is 0 Å². The number of nitrogens with zero attached hydrogens (tertiary/aromatic N) is 1. The summed E-state index contributed by atoms with van der Waals surface area (Å²) in [7, 11) is 0. The van der Waals surface area contributed by atoms with Crippen LogP contribution >= 0.6 is 11.6 Å². The largest absolute Gasteiger partial charge is 0.385 e. The molecule has 1 aromatic carbocycles. The molecule has 3 rings (SSSR count). The fraction of sp³-hybridized carbons (Fsp3) is 0.684. The van der Waals surface area contributed by atoms with E-state index in [0.29, 0.717) is 10.9 Å². The Bertz CT molecular complexity index is 498. The second-order valence-electron chi connectivity index (χ2n) is 6.97. The van der Waals surface area contributed by atoms with Crippen molar-refractivity contribution in [1.82, 2.24) is 4.90 Å². The normalized spacial score (nSPS) is 23.6. The van der Waals surface area contributed by atoms with Crippen LogP contribution in [0, 0.1) is 5.92 Å². The number of benzene rings is 1. The molecule has 0 spiro atoms. The molecule has 0 unspecified atom stereocenters. The third kappa shape index (κ3) is 4.27. The minimum atomic E-state index is -0.760. The molecule has 2 fully saturated rings. The molecule has 0 amide bonds. The Balaban J connectivity index is 1.77. The zero-order valence-corrected chi connectivity index (χ0v) is 14.6. The van der Waals surface area contributed by atoms with E-state index in [1.165, 1.54) is 19.3 Å². The summed E-state index contributed by atoms with van der Waals surface area (Å²) in [6.07, 6.45) is 6.76. The molecule has 1 saturated heterocycles. The van der Waals surface area contributed by atoms with Gasteiger partial charge >= 0.3 is 0 Å². The van der Waals surface area contributed by atoms with Crippen molar-refractivity contribution in [2.24, 2.45) is 5.92 Å². The van der Waals surface area contributed by atoms with Gasteiger partial charge in [-0.05, 0) is 42.9 Å². The predicted molar refractivity (Wildman–Crippen MR) is 93.8 cm³/mol. The highest BCUT2D eigenvalue weighted by Gasteiger charge is 2.39. The molecule has 0 bridgehead atoms. The molecule has 1 heterocycles. The summed E-state index contributed by atoms with van der Waals surface area (Å²) in [5, 5.41) is 12.4. The average molecular weight is 338 g/mol. The van der Waals surface area contributed by atoms with E-state index in [4.69, 9.17) is 16.3 Å². The Kier molecular flexibility index (Phi) is 5.97. The van der Waals surface area contributed by atoms with Crippen LogP contribution in [0.1, 0.15) is 44.1 Å². The lowest BCUT2D eigenvalue weighted by molar-refractivity contribution is -0.0581. The van der Waals surface area contributed by atoms with Crippen LogP contribution in [0.3, 0.4) is 0 Å². The lowest BCUT2D eigenvalue weighted by Crippen LogP contribution is -2.43. The molecule has 3 nitrogen and oxygen atoms in total. The van der Waals surface area contributed by atoms with Gasteiger partial charge in [-0.3, -0.25) is 4.90 Å². The number of aliphatic hydroxyl groups is 1. The highest BCUT2D eigenvalue weighted by molar-refractivity contribution is 6.30. The van der Waals surface area contributed by atoms with E-state index in [1.807, 2.05) is 24.3 Å². The number of halogens is 1. The molecule has 4 heteroatoms. The van der Waals surface area contributed by atoms with Crippen molar-refractivity contribution in [3.63, 3.8) is 0 Å². The Morgan fingerprint density at radius 3 is 2.61 bits per heavy atom. The summed E-state index contributed by atoms with van der Waals surface area (Å²) in [6.45, 7) is 4.47. The highest BCUT2D eigenvalue weighted by Crippen LogP contribution is 2.42. The maximum Gasteiger partial charge on any atom is 0.0937 e. The van der Waals surface area contributed by atoms with Gasteiger partial charge in [-0.25, -0.2) is 0 Å². The Hall–Kier alpha value is -0.610. The second kappa shape index (κ2) is 7.98. The molecule has 0 radical (unpaired) electrons. The predicted octanol–water partition coefficient (Wildman–Crippen LogP) is 3.83. The molecule has 1 saturated carbocycles. The topological polar surface area (TPSA) is 32.7 Å².